The molecule has 19 heavy (non-hydrogen) atoms. The van der Waals surface area contributed by atoms with Crippen LogP contribution in [-0.2, 0) is 4.74 Å². The number of ether oxygens (including phenoxy) is 2. The molecule has 0 unspecified atom stereocenters. The van der Waals surface area contributed by atoms with Gasteiger partial charge >= 0.3 is 0 Å². The van der Waals surface area contributed by atoms with Crippen LogP contribution in [0.4, 0.5) is 4.39 Å². The minimum atomic E-state index is -1.50. The Kier molecular flexibility index (Phi) is 4.33. The van der Waals surface area contributed by atoms with Crippen molar-refractivity contribution in [2.24, 2.45) is 0 Å². The highest BCUT2D eigenvalue weighted by atomic mass is 19.1. The summed E-state index contributed by atoms with van der Waals surface area (Å²) in [7, 11) is 0. The molecule has 106 valence electrons. The largest absolute Gasteiger partial charge is 0.462 e. The molecule has 0 radical (unpaired) electrons. The van der Waals surface area contributed by atoms with Gasteiger partial charge < -0.3 is 29.9 Å². The van der Waals surface area contributed by atoms with Crippen LogP contribution in [0.3, 0.4) is 0 Å². The van der Waals surface area contributed by atoms with Crippen LogP contribution in [-0.4, -0.2) is 57.7 Å². The summed E-state index contributed by atoms with van der Waals surface area (Å²) >= 11 is 0. The lowest BCUT2D eigenvalue weighted by atomic mass is 9.99. The van der Waals surface area contributed by atoms with Crippen LogP contribution < -0.4 is 4.74 Å². The minimum Gasteiger partial charge on any atom is -0.462 e. The Morgan fingerprint density at radius 2 is 1.68 bits per heavy atom. The van der Waals surface area contributed by atoms with Gasteiger partial charge in [0.25, 0.3) is 0 Å². The van der Waals surface area contributed by atoms with Gasteiger partial charge in [-0.1, -0.05) is 0 Å². The first-order valence-electron chi connectivity index (χ1n) is 5.75. The van der Waals surface area contributed by atoms with Gasteiger partial charge in [0.1, 0.15) is 36.0 Å². The number of aliphatic hydroxyl groups excluding tert-OH is 4. The second kappa shape index (κ2) is 5.81. The van der Waals surface area contributed by atoms with Gasteiger partial charge in [0.2, 0.25) is 6.29 Å². The molecule has 0 aromatic heterocycles. The minimum absolute atomic E-state index is 0.228. The Bertz CT molecular complexity index is 409. The van der Waals surface area contributed by atoms with E-state index in [-0.39, 0.29) is 5.75 Å². The molecule has 0 bridgehead atoms. The van der Waals surface area contributed by atoms with E-state index in [1.54, 1.807) is 0 Å². The lowest BCUT2D eigenvalue weighted by Crippen LogP contribution is -2.60. The maximum atomic E-state index is 12.7. The molecule has 7 heteroatoms. The van der Waals surface area contributed by atoms with Crippen LogP contribution in [0.1, 0.15) is 0 Å². The SMILES string of the molecule is OC[C@H]1O[C@@H](Oc2ccc(F)cc2)[C@@H](O)[C@@H](O)[C@@H]1O. The summed E-state index contributed by atoms with van der Waals surface area (Å²) in [5, 5.41) is 37.9. The fourth-order valence-corrected chi connectivity index (χ4v) is 1.81. The van der Waals surface area contributed by atoms with Crippen LogP contribution in [0.5, 0.6) is 5.75 Å². The van der Waals surface area contributed by atoms with Crippen molar-refractivity contribution in [1.29, 1.82) is 0 Å². The van der Waals surface area contributed by atoms with E-state index in [4.69, 9.17) is 14.6 Å². The number of hydrogen-bond donors (Lipinski definition) is 4. The van der Waals surface area contributed by atoms with E-state index in [2.05, 4.69) is 0 Å². The molecule has 0 aliphatic carbocycles. The quantitative estimate of drug-likeness (QED) is 0.564. The van der Waals surface area contributed by atoms with Gasteiger partial charge in [-0.3, -0.25) is 0 Å². The maximum absolute atomic E-state index is 12.7. The van der Waals surface area contributed by atoms with Gasteiger partial charge in [0.15, 0.2) is 0 Å². The zero-order chi connectivity index (χ0) is 14.0. The maximum Gasteiger partial charge on any atom is 0.229 e. The van der Waals surface area contributed by atoms with Gasteiger partial charge in [-0.2, -0.15) is 0 Å². The highest BCUT2D eigenvalue weighted by molar-refractivity contribution is 5.22. The van der Waals surface area contributed by atoms with E-state index in [0.717, 1.165) is 0 Å². The molecule has 0 spiro atoms. The van der Waals surface area contributed by atoms with Crippen molar-refractivity contribution in [2.75, 3.05) is 6.61 Å². The zero-order valence-corrected chi connectivity index (χ0v) is 9.89. The summed E-state index contributed by atoms with van der Waals surface area (Å²) in [6.07, 6.45) is -6.72. The predicted molar refractivity (Wildman–Crippen MR) is 60.8 cm³/mol. The number of hydrogen-bond acceptors (Lipinski definition) is 6. The lowest BCUT2D eigenvalue weighted by molar-refractivity contribution is -0.277. The first-order valence-corrected chi connectivity index (χ1v) is 5.75. The summed E-state index contributed by atoms with van der Waals surface area (Å²) in [5.41, 5.74) is 0. The molecule has 1 aromatic carbocycles. The molecule has 1 saturated heterocycles. The first-order chi connectivity index (χ1) is 9.02. The van der Waals surface area contributed by atoms with Gasteiger partial charge in [0, 0.05) is 0 Å². The van der Waals surface area contributed by atoms with Crippen molar-refractivity contribution in [2.45, 2.75) is 30.7 Å². The highest BCUT2D eigenvalue weighted by Crippen LogP contribution is 2.24. The zero-order valence-electron chi connectivity index (χ0n) is 9.89. The van der Waals surface area contributed by atoms with Gasteiger partial charge in [-0.25, -0.2) is 4.39 Å². The average molecular weight is 274 g/mol. The molecular formula is C12H15FO6. The molecule has 4 N–H and O–H groups in total. The molecule has 1 fully saturated rings. The van der Waals surface area contributed by atoms with Gasteiger partial charge in [-0.15, -0.1) is 0 Å². The van der Waals surface area contributed by atoms with Crippen molar-refractivity contribution in [1.82, 2.24) is 0 Å². The summed E-state index contributed by atoms with van der Waals surface area (Å²) in [6, 6.07) is 4.99. The second-order valence-corrected chi connectivity index (χ2v) is 4.27. The van der Waals surface area contributed by atoms with Crippen molar-refractivity contribution in [3.63, 3.8) is 0 Å². The normalized spacial score (nSPS) is 35.1. The van der Waals surface area contributed by atoms with E-state index in [9.17, 15) is 19.7 Å². The van der Waals surface area contributed by atoms with Crippen LogP contribution in [0.2, 0.25) is 0 Å². The Labute approximate surface area is 108 Å². The Morgan fingerprint density at radius 1 is 1.05 bits per heavy atom. The fraction of sp³-hybridized carbons (Fsp3) is 0.500. The molecule has 1 aliphatic heterocycles. The van der Waals surface area contributed by atoms with Crippen molar-refractivity contribution in [3.05, 3.63) is 30.1 Å². The molecule has 1 heterocycles. The van der Waals surface area contributed by atoms with E-state index in [1.807, 2.05) is 0 Å². The second-order valence-electron chi connectivity index (χ2n) is 4.27. The van der Waals surface area contributed by atoms with E-state index >= 15 is 0 Å². The topological polar surface area (TPSA) is 99.4 Å². The van der Waals surface area contributed by atoms with Crippen molar-refractivity contribution >= 4 is 0 Å². The molecule has 1 aromatic rings. The third-order valence-corrected chi connectivity index (χ3v) is 2.91. The number of halogens is 1. The molecule has 2 rings (SSSR count). The Hall–Kier alpha value is -1.25. The predicted octanol–water partition coefficient (Wildman–Crippen LogP) is -0.996. The molecule has 1 aliphatic rings. The molecule has 0 amide bonds. The number of aliphatic hydroxyl groups is 4. The Morgan fingerprint density at radius 3 is 2.26 bits per heavy atom. The van der Waals surface area contributed by atoms with E-state index in [0.29, 0.717) is 0 Å². The smallest absolute Gasteiger partial charge is 0.229 e. The number of rotatable bonds is 3. The van der Waals surface area contributed by atoms with Crippen LogP contribution in [0.15, 0.2) is 24.3 Å². The summed E-state index contributed by atoms with van der Waals surface area (Å²) in [5.74, 6) is -0.216. The summed E-state index contributed by atoms with van der Waals surface area (Å²) in [6.45, 7) is -0.534. The van der Waals surface area contributed by atoms with Gasteiger partial charge in [0.05, 0.1) is 6.61 Å². The third-order valence-electron chi connectivity index (χ3n) is 2.91. The summed E-state index contributed by atoms with van der Waals surface area (Å²) in [4.78, 5) is 0. The van der Waals surface area contributed by atoms with Gasteiger partial charge in [-0.05, 0) is 24.3 Å². The lowest BCUT2D eigenvalue weighted by Gasteiger charge is -2.39. The molecule has 5 atom stereocenters. The number of benzene rings is 1. The van der Waals surface area contributed by atoms with Crippen LogP contribution in [0, 0.1) is 5.82 Å². The fourth-order valence-electron chi connectivity index (χ4n) is 1.81. The molecule has 6 nitrogen and oxygen atoms in total. The monoisotopic (exact) mass is 274 g/mol. The third kappa shape index (κ3) is 3.02. The van der Waals surface area contributed by atoms with Crippen molar-refractivity contribution in [3.8, 4) is 5.75 Å². The Balaban J connectivity index is 2.08. The summed E-state index contributed by atoms with van der Waals surface area (Å²) < 4.78 is 23.1. The highest BCUT2D eigenvalue weighted by Gasteiger charge is 2.44. The van der Waals surface area contributed by atoms with Crippen LogP contribution >= 0.6 is 0 Å². The standard InChI is InChI=1S/C12H15FO6/c13-6-1-3-7(4-2-6)18-12-11(17)10(16)9(15)8(5-14)19-12/h1-4,8-12,14-17H,5H2/t8-,9-,10+,11+,12-/m1/s1. The molecule has 0 saturated carbocycles. The van der Waals surface area contributed by atoms with E-state index < -0.39 is 43.1 Å². The average Bonchev–Trinajstić information content (AvgIpc) is 2.42. The van der Waals surface area contributed by atoms with Crippen molar-refractivity contribution < 1.29 is 34.3 Å². The van der Waals surface area contributed by atoms with Crippen LogP contribution in [0.25, 0.3) is 0 Å². The molecular weight excluding hydrogens is 259 g/mol. The van der Waals surface area contributed by atoms with E-state index in [1.165, 1.54) is 24.3 Å². The first kappa shape index (κ1) is 14.2.